The van der Waals surface area contributed by atoms with E-state index in [1.165, 1.54) is 22.1 Å². The van der Waals surface area contributed by atoms with Gasteiger partial charge in [-0.05, 0) is 35.6 Å². The average Bonchev–Trinajstić information content (AvgIpc) is 2.58. The lowest BCUT2D eigenvalue weighted by Gasteiger charge is -2.19. The van der Waals surface area contributed by atoms with Gasteiger partial charge in [0.25, 0.3) is 0 Å². The lowest BCUT2D eigenvalue weighted by atomic mass is 10.1. The van der Waals surface area contributed by atoms with Crippen LogP contribution >= 0.6 is 22.6 Å². The van der Waals surface area contributed by atoms with Crippen molar-refractivity contribution in [3.63, 3.8) is 0 Å². The Morgan fingerprint density at radius 2 is 2.21 bits per heavy atom. The highest BCUT2D eigenvalue weighted by molar-refractivity contribution is 8.67. The first-order valence-corrected chi connectivity index (χ1v) is 6.54. The van der Waals surface area contributed by atoms with Gasteiger partial charge < -0.3 is 5.32 Å². The quantitative estimate of drug-likeness (QED) is 0.417. The Balaban J connectivity index is 2.27. The largest absolute Gasteiger partial charge is 0.315 e. The second-order valence-electron chi connectivity index (χ2n) is 3.48. The molecule has 0 amide bonds. The number of hydrogen-bond acceptors (Lipinski definition) is 4. The van der Waals surface area contributed by atoms with Gasteiger partial charge in [0, 0.05) is 6.04 Å². The number of fused-ring (bicyclic) bond motifs is 1. The molecule has 1 aromatic rings. The summed E-state index contributed by atoms with van der Waals surface area (Å²) in [5.41, 5.74) is 2.83. The molecule has 0 saturated heterocycles. The fraction of sp³-hybridized carbons (Fsp3) is 0.400. The van der Waals surface area contributed by atoms with Crippen LogP contribution in [0, 0.1) is 0 Å². The Morgan fingerprint density at radius 3 is 2.93 bits per heavy atom. The molecule has 0 bridgehead atoms. The molecule has 1 aliphatic rings. The normalized spacial score (nSPS) is 25.0. The van der Waals surface area contributed by atoms with Crippen molar-refractivity contribution in [2.24, 2.45) is 0 Å². The lowest BCUT2D eigenvalue weighted by molar-refractivity contribution is 0.486. The van der Waals surface area contributed by atoms with E-state index in [2.05, 4.69) is 46.0 Å². The van der Waals surface area contributed by atoms with Gasteiger partial charge in [-0.1, -0.05) is 35.9 Å². The highest BCUT2D eigenvalue weighted by Gasteiger charge is 2.30. The zero-order valence-electron chi connectivity index (χ0n) is 8.03. The predicted molar refractivity (Wildman–Crippen MR) is 65.4 cm³/mol. The van der Waals surface area contributed by atoms with Crippen LogP contribution in [0.3, 0.4) is 0 Å². The molecule has 2 N–H and O–H groups in total. The molecule has 2 nitrogen and oxygen atoms in total. The summed E-state index contributed by atoms with van der Waals surface area (Å²) in [7, 11) is 3.39. The van der Waals surface area contributed by atoms with Crippen molar-refractivity contribution in [3.05, 3.63) is 35.4 Å². The summed E-state index contributed by atoms with van der Waals surface area (Å²) in [4.78, 5) is 0. The molecular weight excluding hydrogens is 212 g/mol. The number of likely N-dealkylation sites (N-methyl/N-ethyl adjacent to an activating group) is 1. The van der Waals surface area contributed by atoms with Crippen LogP contribution in [0.1, 0.15) is 17.2 Å². The summed E-state index contributed by atoms with van der Waals surface area (Å²) in [5.74, 6) is 0. The van der Waals surface area contributed by atoms with Crippen LogP contribution in [0.5, 0.6) is 0 Å². The number of hydrogen-bond donors (Lipinski definition) is 3. The van der Waals surface area contributed by atoms with E-state index in [9.17, 15) is 0 Å². The molecule has 0 aromatic heterocycles. The molecular formula is C10H14N2S2. The minimum Gasteiger partial charge on any atom is -0.315 e. The third-order valence-corrected chi connectivity index (χ3v) is 3.46. The lowest BCUT2D eigenvalue weighted by Crippen LogP contribution is -2.34. The highest BCUT2D eigenvalue weighted by atomic mass is 33.1. The first-order valence-electron chi connectivity index (χ1n) is 4.68. The first kappa shape index (κ1) is 10.4. The maximum Gasteiger partial charge on any atom is 0.0588 e. The fourth-order valence-corrected chi connectivity index (χ4v) is 2.81. The van der Waals surface area contributed by atoms with E-state index < -0.39 is 0 Å². The zero-order chi connectivity index (χ0) is 9.97. The fourth-order valence-electron chi connectivity index (χ4n) is 2.07. The summed E-state index contributed by atoms with van der Waals surface area (Å²) in [6, 6.07) is 9.43. The van der Waals surface area contributed by atoms with Crippen molar-refractivity contribution in [3.8, 4) is 0 Å². The number of nitrogens with one attached hydrogen (secondary N) is 2. The van der Waals surface area contributed by atoms with Crippen LogP contribution in [0.4, 0.5) is 0 Å². The van der Waals surface area contributed by atoms with E-state index in [1.54, 1.807) is 0 Å². The summed E-state index contributed by atoms with van der Waals surface area (Å²) in [6.45, 7) is 0. The van der Waals surface area contributed by atoms with Gasteiger partial charge in [0.05, 0.1) is 6.04 Å². The van der Waals surface area contributed by atoms with Gasteiger partial charge in [-0.25, -0.2) is 4.72 Å². The maximum absolute atomic E-state index is 4.14. The molecule has 14 heavy (non-hydrogen) atoms. The standard InChI is InChI=1S/C10H14N2S2/c1-11-9-6-7-4-2-3-5-8(7)10(9)12-14-13/h2-5,9-13H,6H2,1H3. The summed E-state index contributed by atoms with van der Waals surface area (Å²) in [6.07, 6.45) is 1.10. The van der Waals surface area contributed by atoms with Crippen molar-refractivity contribution >= 4 is 22.6 Å². The molecule has 2 atom stereocenters. The van der Waals surface area contributed by atoms with Crippen molar-refractivity contribution in [1.82, 2.24) is 10.0 Å². The molecule has 0 aliphatic heterocycles. The van der Waals surface area contributed by atoms with E-state index >= 15 is 0 Å². The molecule has 0 fully saturated rings. The van der Waals surface area contributed by atoms with Gasteiger partial charge in [-0.3, -0.25) is 0 Å². The number of benzene rings is 1. The van der Waals surface area contributed by atoms with E-state index in [0.29, 0.717) is 12.1 Å². The van der Waals surface area contributed by atoms with Gasteiger partial charge in [-0.2, -0.15) is 0 Å². The molecule has 1 aromatic carbocycles. The third kappa shape index (κ3) is 1.80. The topological polar surface area (TPSA) is 24.1 Å². The van der Waals surface area contributed by atoms with Gasteiger partial charge in [0.2, 0.25) is 0 Å². The van der Waals surface area contributed by atoms with Crippen LogP contribution in [0.15, 0.2) is 24.3 Å². The average molecular weight is 226 g/mol. The van der Waals surface area contributed by atoms with Crippen molar-refractivity contribution < 1.29 is 0 Å². The van der Waals surface area contributed by atoms with E-state index in [-0.39, 0.29) is 0 Å². The highest BCUT2D eigenvalue weighted by Crippen LogP contribution is 2.32. The van der Waals surface area contributed by atoms with Crippen LogP contribution in [-0.2, 0) is 6.42 Å². The SMILES string of the molecule is CNC1Cc2ccccc2C1NSS. The number of rotatable bonds is 3. The molecule has 2 unspecified atom stereocenters. The van der Waals surface area contributed by atoms with Crippen molar-refractivity contribution in [1.29, 1.82) is 0 Å². The minimum absolute atomic E-state index is 0.374. The monoisotopic (exact) mass is 226 g/mol. The van der Waals surface area contributed by atoms with Crippen molar-refractivity contribution in [2.45, 2.75) is 18.5 Å². The Morgan fingerprint density at radius 1 is 1.43 bits per heavy atom. The van der Waals surface area contributed by atoms with Gasteiger partial charge in [-0.15, -0.1) is 0 Å². The van der Waals surface area contributed by atoms with Gasteiger partial charge >= 0.3 is 0 Å². The molecule has 2 rings (SSSR count). The third-order valence-electron chi connectivity index (χ3n) is 2.78. The summed E-state index contributed by atoms with van der Waals surface area (Å²) in [5, 5.41) is 3.34. The molecule has 4 heteroatoms. The Kier molecular flexibility index (Phi) is 3.38. The van der Waals surface area contributed by atoms with Gasteiger partial charge in [0.15, 0.2) is 0 Å². The second kappa shape index (κ2) is 4.57. The zero-order valence-corrected chi connectivity index (χ0v) is 9.74. The molecule has 0 saturated carbocycles. The molecule has 0 spiro atoms. The Bertz CT molecular complexity index is 317. The summed E-state index contributed by atoms with van der Waals surface area (Å²) >= 11 is 4.14. The van der Waals surface area contributed by atoms with E-state index in [0.717, 1.165) is 6.42 Å². The minimum atomic E-state index is 0.374. The van der Waals surface area contributed by atoms with E-state index in [4.69, 9.17) is 0 Å². The maximum atomic E-state index is 4.14. The predicted octanol–water partition coefficient (Wildman–Crippen LogP) is 1.95. The van der Waals surface area contributed by atoms with E-state index in [1.807, 2.05) is 7.05 Å². The molecule has 1 aliphatic carbocycles. The van der Waals surface area contributed by atoms with Crippen molar-refractivity contribution in [2.75, 3.05) is 7.05 Å². The van der Waals surface area contributed by atoms with Crippen LogP contribution in [0.2, 0.25) is 0 Å². The first-order chi connectivity index (χ1) is 6.86. The molecule has 76 valence electrons. The van der Waals surface area contributed by atoms with Gasteiger partial charge in [0.1, 0.15) is 0 Å². The molecule has 0 heterocycles. The summed E-state index contributed by atoms with van der Waals surface area (Å²) < 4.78 is 3.32. The van der Waals surface area contributed by atoms with Crippen LogP contribution in [-0.4, -0.2) is 13.1 Å². The molecule has 0 radical (unpaired) electrons. The smallest absolute Gasteiger partial charge is 0.0588 e. The van der Waals surface area contributed by atoms with Crippen LogP contribution < -0.4 is 10.0 Å². The van der Waals surface area contributed by atoms with Crippen LogP contribution in [0.25, 0.3) is 0 Å². The Labute approximate surface area is 93.8 Å². The Hall–Kier alpha value is -0.160. The second-order valence-corrected chi connectivity index (χ2v) is 4.45. The number of thiol groups is 1.